The molecule has 1 aromatic rings. The molecule has 1 rings (SSSR count). The van der Waals surface area contributed by atoms with Gasteiger partial charge < -0.3 is 10.2 Å². The molecule has 0 aromatic heterocycles. The quantitative estimate of drug-likeness (QED) is 0.781. The molecule has 3 nitrogen and oxygen atoms in total. The Labute approximate surface area is 101 Å². The highest BCUT2D eigenvalue weighted by molar-refractivity contribution is 5.81. The number of halogens is 1. The lowest BCUT2D eigenvalue weighted by Gasteiger charge is -2.22. The second-order valence-corrected chi connectivity index (χ2v) is 3.45. The summed E-state index contributed by atoms with van der Waals surface area (Å²) in [5.41, 5.74) is 0.422. The molecule has 0 bridgehead atoms. The van der Waals surface area contributed by atoms with Gasteiger partial charge in [0, 0.05) is 6.54 Å². The average molecular weight is 234 g/mol. The van der Waals surface area contributed by atoms with Crippen LogP contribution in [0.5, 0.6) is 0 Å². The molecule has 90 valence electrons. The number of nitrogens with one attached hydrogen (secondary N) is 1. The van der Waals surface area contributed by atoms with Crippen LogP contribution >= 0.6 is 0 Å². The van der Waals surface area contributed by atoms with Crippen LogP contribution in [0.3, 0.4) is 0 Å². The van der Waals surface area contributed by atoms with Crippen molar-refractivity contribution in [2.24, 2.45) is 0 Å². The molecule has 0 heterocycles. The molecule has 0 saturated carbocycles. The van der Waals surface area contributed by atoms with Crippen LogP contribution in [0.25, 0.3) is 0 Å². The Morgan fingerprint density at radius 2 is 2.24 bits per heavy atom. The van der Waals surface area contributed by atoms with E-state index < -0.39 is 0 Å². The number of rotatable bonds is 5. The zero-order valence-corrected chi connectivity index (χ0v) is 9.74. The maximum absolute atomic E-state index is 13.5. The first-order valence-electron chi connectivity index (χ1n) is 5.38. The second-order valence-electron chi connectivity index (χ2n) is 3.45. The first-order chi connectivity index (χ1) is 8.19. The molecule has 0 aliphatic rings. The van der Waals surface area contributed by atoms with Crippen molar-refractivity contribution in [1.29, 1.82) is 0 Å². The fraction of sp³-hybridized carbons (Fsp3) is 0.308. The molecule has 0 fully saturated rings. The van der Waals surface area contributed by atoms with Crippen LogP contribution in [-0.4, -0.2) is 25.5 Å². The SMILES string of the molecule is C#CCNC(=O)CN(CC)c1ccccc1F. The van der Waals surface area contributed by atoms with Crippen LogP contribution in [-0.2, 0) is 4.79 Å². The monoisotopic (exact) mass is 234 g/mol. The van der Waals surface area contributed by atoms with Crippen molar-refractivity contribution in [2.45, 2.75) is 6.92 Å². The molecule has 0 radical (unpaired) electrons. The van der Waals surface area contributed by atoms with Gasteiger partial charge in [-0.3, -0.25) is 4.79 Å². The fourth-order valence-electron chi connectivity index (χ4n) is 1.45. The summed E-state index contributed by atoms with van der Waals surface area (Å²) in [5, 5.41) is 2.55. The van der Waals surface area contributed by atoms with Crippen LogP contribution in [0.1, 0.15) is 6.92 Å². The molecule has 0 unspecified atom stereocenters. The molecule has 1 amide bonds. The minimum absolute atomic E-state index is 0.0963. The van der Waals surface area contributed by atoms with E-state index in [0.29, 0.717) is 12.2 Å². The Hall–Kier alpha value is -2.02. The normalized spacial score (nSPS) is 9.47. The van der Waals surface area contributed by atoms with Crippen LogP contribution in [0.2, 0.25) is 0 Å². The number of benzene rings is 1. The minimum atomic E-state index is -0.334. The van der Waals surface area contributed by atoms with E-state index in [1.165, 1.54) is 6.07 Å². The summed E-state index contributed by atoms with van der Waals surface area (Å²) in [6.07, 6.45) is 5.04. The molecular formula is C13H15FN2O. The number of carbonyl (C=O) groups excluding carboxylic acids is 1. The fourth-order valence-corrected chi connectivity index (χ4v) is 1.45. The average Bonchev–Trinajstić information content (AvgIpc) is 2.34. The van der Waals surface area contributed by atoms with Gasteiger partial charge in [0.1, 0.15) is 5.82 Å². The topological polar surface area (TPSA) is 32.3 Å². The lowest BCUT2D eigenvalue weighted by atomic mass is 10.2. The number of likely N-dealkylation sites (N-methyl/N-ethyl adjacent to an activating group) is 1. The van der Waals surface area contributed by atoms with Crippen molar-refractivity contribution in [2.75, 3.05) is 24.5 Å². The maximum Gasteiger partial charge on any atom is 0.240 e. The van der Waals surface area contributed by atoms with Gasteiger partial charge in [0.25, 0.3) is 0 Å². The standard InChI is InChI=1S/C13H15FN2O/c1-3-9-15-13(17)10-16(4-2)12-8-6-5-7-11(12)14/h1,5-8H,4,9-10H2,2H3,(H,15,17). The van der Waals surface area contributed by atoms with Crippen molar-refractivity contribution in [3.05, 3.63) is 30.1 Å². The highest BCUT2D eigenvalue weighted by atomic mass is 19.1. The molecule has 17 heavy (non-hydrogen) atoms. The largest absolute Gasteiger partial charge is 0.360 e. The molecular weight excluding hydrogens is 219 g/mol. The number of amides is 1. The van der Waals surface area contributed by atoms with E-state index >= 15 is 0 Å². The lowest BCUT2D eigenvalue weighted by Crippen LogP contribution is -2.37. The summed E-state index contributed by atoms with van der Waals surface area (Å²) in [5.74, 6) is 1.77. The van der Waals surface area contributed by atoms with Gasteiger partial charge in [-0.25, -0.2) is 4.39 Å². The van der Waals surface area contributed by atoms with E-state index in [9.17, 15) is 9.18 Å². The van der Waals surface area contributed by atoms with Gasteiger partial charge in [0.15, 0.2) is 0 Å². The van der Waals surface area contributed by atoms with E-state index in [1.807, 2.05) is 6.92 Å². The minimum Gasteiger partial charge on any atom is -0.360 e. The van der Waals surface area contributed by atoms with Crippen molar-refractivity contribution in [3.8, 4) is 12.3 Å². The second kappa shape index (κ2) is 6.54. The Morgan fingerprint density at radius 3 is 2.82 bits per heavy atom. The number of para-hydroxylation sites is 1. The molecule has 0 saturated heterocycles. The third kappa shape index (κ3) is 3.80. The predicted molar refractivity (Wildman–Crippen MR) is 66.1 cm³/mol. The first kappa shape index (κ1) is 13.0. The Balaban J connectivity index is 2.70. The van der Waals surface area contributed by atoms with E-state index in [4.69, 9.17) is 6.42 Å². The Kier molecular flexibility index (Phi) is 5.02. The van der Waals surface area contributed by atoms with Crippen LogP contribution in [0.15, 0.2) is 24.3 Å². The smallest absolute Gasteiger partial charge is 0.240 e. The summed E-state index contributed by atoms with van der Waals surface area (Å²) in [6, 6.07) is 6.37. The summed E-state index contributed by atoms with van der Waals surface area (Å²) < 4.78 is 13.5. The number of hydrogen-bond acceptors (Lipinski definition) is 2. The number of terminal acetylenes is 1. The molecule has 0 spiro atoms. The third-order valence-corrected chi connectivity index (χ3v) is 2.30. The summed E-state index contributed by atoms with van der Waals surface area (Å²) in [4.78, 5) is 13.1. The summed E-state index contributed by atoms with van der Waals surface area (Å²) in [7, 11) is 0. The first-order valence-corrected chi connectivity index (χ1v) is 5.38. The van der Waals surface area contributed by atoms with Crippen molar-refractivity contribution < 1.29 is 9.18 Å². The van der Waals surface area contributed by atoms with Gasteiger partial charge in [-0.2, -0.15) is 0 Å². The van der Waals surface area contributed by atoms with Crippen molar-refractivity contribution >= 4 is 11.6 Å². The Morgan fingerprint density at radius 1 is 1.53 bits per heavy atom. The zero-order valence-electron chi connectivity index (χ0n) is 9.74. The van der Waals surface area contributed by atoms with Crippen LogP contribution < -0.4 is 10.2 Å². The summed E-state index contributed by atoms with van der Waals surface area (Å²) >= 11 is 0. The lowest BCUT2D eigenvalue weighted by molar-refractivity contribution is -0.119. The van der Waals surface area contributed by atoms with Crippen molar-refractivity contribution in [1.82, 2.24) is 5.32 Å². The van der Waals surface area contributed by atoms with Gasteiger partial charge in [-0.05, 0) is 19.1 Å². The van der Waals surface area contributed by atoms with E-state index in [2.05, 4.69) is 11.2 Å². The van der Waals surface area contributed by atoms with Crippen LogP contribution in [0, 0.1) is 18.2 Å². The maximum atomic E-state index is 13.5. The third-order valence-electron chi connectivity index (χ3n) is 2.30. The Bertz CT molecular complexity index is 426. The van der Waals surface area contributed by atoms with E-state index in [0.717, 1.165) is 0 Å². The van der Waals surface area contributed by atoms with Gasteiger partial charge in [0.05, 0.1) is 18.8 Å². The van der Waals surface area contributed by atoms with Crippen LogP contribution in [0.4, 0.5) is 10.1 Å². The number of hydrogen-bond donors (Lipinski definition) is 1. The van der Waals surface area contributed by atoms with E-state index in [1.54, 1.807) is 23.1 Å². The highest BCUT2D eigenvalue weighted by Crippen LogP contribution is 2.17. The van der Waals surface area contributed by atoms with Gasteiger partial charge in [-0.1, -0.05) is 18.1 Å². The zero-order chi connectivity index (χ0) is 12.7. The predicted octanol–water partition coefficient (Wildman–Crippen LogP) is 1.40. The molecule has 1 aromatic carbocycles. The highest BCUT2D eigenvalue weighted by Gasteiger charge is 2.12. The van der Waals surface area contributed by atoms with Gasteiger partial charge in [0.2, 0.25) is 5.91 Å². The summed E-state index contributed by atoms with van der Waals surface area (Å²) in [6.45, 7) is 2.69. The van der Waals surface area contributed by atoms with Crippen molar-refractivity contribution in [3.63, 3.8) is 0 Å². The number of nitrogens with zero attached hydrogens (tertiary/aromatic N) is 1. The molecule has 1 N–H and O–H groups in total. The molecule has 0 atom stereocenters. The number of anilines is 1. The molecule has 0 aliphatic heterocycles. The van der Waals surface area contributed by atoms with Gasteiger partial charge in [-0.15, -0.1) is 6.42 Å². The molecule has 0 aliphatic carbocycles. The van der Waals surface area contributed by atoms with E-state index in [-0.39, 0.29) is 24.8 Å². The number of carbonyl (C=O) groups is 1. The van der Waals surface area contributed by atoms with Gasteiger partial charge >= 0.3 is 0 Å². The molecule has 4 heteroatoms.